The minimum absolute atomic E-state index is 0.150. The molecule has 0 heterocycles. The van der Waals surface area contributed by atoms with Crippen LogP contribution in [-0.4, -0.2) is 41.9 Å². The van der Waals surface area contributed by atoms with Gasteiger partial charge in [0.25, 0.3) is 10.1 Å². The second-order valence-electron chi connectivity index (χ2n) is 8.09. The van der Waals surface area contributed by atoms with Crippen LogP contribution in [0.3, 0.4) is 0 Å². The first kappa shape index (κ1) is 29.6. The Kier molecular flexibility index (Phi) is 18.4. The summed E-state index contributed by atoms with van der Waals surface area (Å²) in [5.41, 5.74) is 0. The van der Waals surface area contributed by atoms with Crippen molar-refractivity contribution in [2.24, 2.45) is 0 Å². The predicted molar refractivity (Wildman–Crippen MR) is 123 cm³/mol. The fourth-order valence-corrected chi connectivity index (χ4v) is 4.00. The Morgan fingerprint density at radius 3 is 1.68 bits per heavy atom. The van der Waals surface area contributed by atoms with Gasteiger partial charge in [-0.3, -0.25) is 14.1 Å². The van der Waals surface area contributed by atoms with Gasteiger partial charge in [-0.25, -0.2) is 0 Å². The van der Waals surface area contributed by atoms with Crippen LogP contribution in [0.4, 0.5) is 0 Å². The molecule has 0 amide bonds. The lowest BCUT2D eigenvalue weighted by atomic mass is 10.0. The molecule has 0 bridgehead atoms. The lowest BCUT2D eigenvalue weighted by Crippen LogP contribution is -2.33. The highest BCUT2D eigenvalue weighted by Gasteiger charge is 2.34. The Bertz CT molecular complexity index is 599. The first-order chi connectivity index (χ1) is 14.8. The molecule has 0 aromatic rings. The summed E-state index contributed by atoms with van der Waals surface area (Å²) in [5, 5.41) is 6.53. The average Bonchev–Trinajstić information content (AvgIpc) is 2.70. The molecule has 1 unspecified atom stereocenters. The first-order valence-corrected chi connectivity index (χ1v) is 13.3. The van der Waals surface area contributed by atoms with E-state index in [-0.39, 0.29) is 6.61 Å². The maximum atomic E-state index is 11.6. The summed E-state index contributed by atoms with van der Waals surface area (Å²) in [7, 11) is -4.81. The zero-order chi connectivity index (χ0) is 23.4. The molecule has 0 fully saturated rings. The van der Waals surface area contributed by atoms with Crippen molar-refractivity contribution in [1.29, 1.82) is 0 Å². The van der Waals surface area contributed by atoms with Crippen molar-refractivity contribution in [3.63, 3.8) is 0 Å². The molecule has 0 aromatic heterocycles. The number of unbranched alkanes of at least 4 members (excludes halogenated alkanes) is 14. The zero-order valence-electron chi connectivity index (χ0n) is 19.1. The number of esters is 1. The number of carbonyl (C=O) groups excluding carboxylic acids is 1. The minimum atomic E-state index is -4.81. The number of allylic oxidation sites excluding steroid dienone is 1. The van der Waals surface area contributed by atoms with Crippen molar-refractivity contribution in [1.82, 2.24) is 0 Å². The van der Waals surface area contributed by atoms with E-state index in [0.717, 1.165) is 19.3 Å². The summed E-state index contributed by atoms with van der Waals surface area (Å²) >= 11 is 0. The van der Waals surface area contributed by atoms with E-state index in [4.69, 9.17) is 14.4 Å². The summed E-state index contributed by atoms with van der Waals surface area (Å²) in [4.78, 5) is 22.2. The molecule has 0 saturated heterocycles. The van der Waals surface area contributed by atoms with Gasteiger partial charge in [0, 0.05) is 0 Å². The van der Waals surface area contributed by atoms with Crippen molar-refractivity contribution in [2.45, 2.75) is 115 Å². The highest BCUT2D eigenvalue weighted by atomic mass is 32.2. The number of rotatable bonds is 21. The lowest BCUT2D eigenvalue weighted by Gasteiger charge is -2.10. The molecule has 2 N–H and O–H groups in total. The standard InChI is InChI=1S/C23H42O7S/c1-2-3-4-5-6-7-8-9-10-11-12-13-14-15-16-17-18-19-30-23(26)21(20-22(24)25)31(27,28)29/h17-18,21H,2-16,19-20H2,1H3,(H,24,25)(H,27,28,29). The Morgan fingerprint density at radius 2 is 1.26 bits per heavy atom. The number of hydrogen-bond acceptors (Lipinski definition) is 5. The van der Waals surface area contributed by atoms with Crippen molar-refractivity contribution >= 4 is 22.1 Å². The summed E-state index contributed by atoms with van der Waals surface area (Å²) in [6.45, 7) is 2.10. The summed E-state index contributed by atoms with van der Waals surface area (Å²) in [6, 6.07) is 0. The van der Waals surface area contributed by atoms with E-state index in [1.54, 1.807) is 6.08 Å². The van der Waals surface area contributed by atoms with Gasteiger partial charge < -0.3 is 9.84 Å². The maximum absolute atomic E-state index is 11.6. The fourth-order valence-electron chi connectivity index (χ4n) is 3.33. The third-order valence-corrected chi connectivity index (χ3v) is 6.27. The molecule has 31 heavy (non-hydrogen) atoms. The molecule has 0 spiro atoms. The second kappa shape index (κ2) is 19.3. The normalized spacial score (nSPS) is 12.8. The van der Waals surface area contributed by atoms with E-state index in [0.29, 0.717) is 0 Å². The molecule has 0 aliphatic heterocycles. The molecule has 8 heteroatoms. The monoisotopic (exact) mass is 462 g/mol. The van der Waals surface area contributed by atoms with Crippen LogP contribution in [0.1, 0.15) is 110 Å². The van der Waals surface area contributed by atoms with Gasteiger partial charge >= 0.3 is 11.9 Å². The number of carbonyl (C=O) groups is 2. The third-order valence-electron chi connectivity index (χ3n) is 5.20. The Morgan fingerprint density at radius 1 is 0.806 bits per heavy atom. The van der Waals surface area contributed by atoms with Gasteiger partial charge in [0.2, 0.25) is 0 Å². The van der Waals surface area contributed by atoms with Crippen molar-refractivity contribution < 1.29 is 32.4 Å². The minimum Gasteiger partial charge on any atom is -0.481 e. The van der Waals surface area contributed by atoms with Gasteiger partial charge in [0.1, 0.15) is 6.61 Å². The van der Waals surface area contributed by atoms with Crippen LogP contribution in [0.25, 0.3) is 0 Å². The van der Waals surface area contributed by atoms with E-state index in [9.17, 15) is 18.0 Å². The van der Waals surface area contributed by atoms with Gasteiger partial charge in [-0.05, 0) is 12.8 Å². The van der Waals surface area contributed by atoms with Crippen molar-refractivity contribution in [2.75, 3.05) is 6.61 Å². The summed E-state index contributed by atoms with van der Waals surface area (Å²) in [6.07, 6.45) is 21.5. The van der Waals surface area contributed by atoms with E-state index >= 15 is 0 Å². The Labute approximate surface area is 188 Å². The molecule has 0 aliphatic carbocycles. The Hall–Kier alpha value is -1.41. The van der Waals surface area contributed by atoms with Crippen LogP contribution in [0.5, 0.6) is 0 Å². The lowest BCUT2D eigenvalue weighted by molar-refractivity contribution is -0.146. The average molecular weight is 463 g/mol. The molecule has 0 aromatic carbocycles. The summed E-state index contributed by atoms with van der Waals surface area (Å²) < 4.78 is 35.8. The fraction of sp³-hybridized carbons (Fsp3) is 0.826. The zero-order valence-corrected chi connectivity index (χ0v) is 19.9. The molecular formula is C23H42O7S. The largest absolute Gasteiger partial charge is 0.481 e. The van der Waals surface area contributed by atoms with Crippen molar-refractivity contribution in [3.8, 4) is 0 Å². The predicted octanol–water partition coefficient (Wildman–Crippen LogP) is 5.69. The van der Waals surface area contributed by atoms with E-state index < -0.39 is 33.7 Å². The molecule has 0 aliphatic rings. The number of carboxylic acid groups (broad SMARTS) is 1. The number of ether oxygens (including phenoxy) is 1. The molecule has 1 atom stereocenters. The van der Waals surface area contributed by atoms with Crippen LogP contribution in [0.2, 0.25) is 0 Å². The van der Waals surface area contributed by atoms with E-state index in [2.05, 4.69) is 6.92 Å². The van der Waals surface area contributed by atoms with E-state index in [1.807, 2.05) is 6.08 Å². The third kappa shape index (κ3) is 19.0. The van der Waals surface area contributed by atoms with Crippen LogP contribution in [0.15, 0.2) is 12.2 Å². The number of hydrogen-bond donors (Lipinski definition) is 2. The van der Waals surface area contributed by atoms with Crippen LogP contribution in [0, 0.1) is 0 Å². The molecule has 0 rings (SSSR count). The van der Waals surface area contributed by atoms with Gasteiger partial charge in [0.15, 0.2) is 5.25 Å². The smallest absolute Gasteiger partial charge is 0.327 e. The number of aliphatic carboxylic acids is 1. The highest BCUT2D eigenvalue weighted by Crippen LogP contribution is 2.13. The van der Waals surface area contributed by atoms with Gasteiger partial charge in [-0.2, -0.15) is 8.42 Å². The quantitative estimate of drug-likeness (QED) is 0.0973. The molecule has 182 valence electrons. The Balaban J connectivity index is 3.57. The molecule has 0 saturated carbocycles. The van der Waals surface area contributed by atoms with Crippen LogP contribution in [-0.2, 0) is 24.4 Å². The van der Waals surface area contributed by atoms with Gasteiger partial charge in [-0.1, -0.05) is 103 Å². The first-order valence-electron chi connectivity index (χ1n) is 11.8. The summed E-state index contributed by atoms with van der Waals surface area (Å²) in [5.74, 6) is -2.76. The molecule has 7 nitrogen and oxygen atoms in total. The topological polar surface area (TPSA) is 118 Å². The van der Waals surface area contributed by atoms with Crippen LogP contribution < -0.4 is 0 Å². The SMILES string of the molecule is CCCCCCCCCCCCCCCCC=CCOC(=O)C(CC(=O)O)S(=O)(=O)O. The highest BCUT2D eigenvalue weighted by molar-refractivity contribution is 7.87. The van der Waals surface area contributed by atoms with Gasteiger partial charge in [-0.15, -0.1) is 0 Å². The van der Waals surface area contributed by atoms with Gasteiger partial charge in [0.05, 0.1) is 6.42 Å². The second-order valence-corrected chi connectivity index (χ2v) is 9.69. The maximum Gasteiger partial charge on any atom is 0.327 e. The molecule has 0 radical (unpaired) electrons. The number of carboxylic acids is 1. The molecular weight excluding hydrogens is 420 g/mol. The van der Waals surface area contributed by atoms with Crippen molar-refractivity contribution in [3.05, 3.63) is 12.2 Å². The van der Waals surface area contributed by atoms with Crippen LogP contribution >= 0.6 is 0 Å². The van der Waals surface area contributed by atoms with E-state index in [1.165, 1.54) is 77.0 Å².